The van der Waals surface area contributed by atoms with E-state index in [1.807, 2.05) is 0 Å². The highest BCUT2D eigenvalue weighted by molar-refractivity contribution is 8.13. The van der Waals surface area contributed by atoms with E-state index in [1.165, 1.54) is 4.57 Å². The lowest BCUT2D eigenvalue weighted by atomic mass is 10.2. The minimum absolute atomic E-state index is 0.276. The number of halogens is 2. The van der Waals surface area contributed by atoms with E-state index < -0.39 is 9.05 Å². The van der Waals surface area contributed by atoms with Crippen LogP contribution in [0, 0.1) is 0 Å². The molecule has 0 N–H and O–H groups in total. The molecule has 18 heavy (non-hydrogen) atoms. The average molecular weight is 306 g/mol. The molecule has 1 heterocycles. The van der Waals surface area contributed by atoms with Crippen LogP contribution >= 0.6 is 22.3 Å². The molecule has 0 aliphatic rings. The zero-order valence-corrected chi connectivity index (χ0v) is 11.7. The van der Waals surface area contributed by atoms with E-state index >= 15 is 0 Å². The Balaban J connectivity index is 2.68. The molecule has 0 aliphatic heterocycles. The van der Waals surface area contributed by atoms with Crippen LogP contribution in [0.1, 0.15) is 6.92 Å². The van der Waals surface area contributed by atoms with Crippen LogP contribution in [0.3, 0.4) is 0 Å². The van der Waals surface area contributed by atoms with Crippen molar-refractivity contribution in [3.63, 3.8) is 0 Å². The highest BCUT2D eigenvalue weighted by Gasteiger charge is 2.23. The summed E-state index contributed by atoms with van der Waals surface area (Å²) in [6, 6.07) is 6.99. The molecule has 0 radical (unpaired) electrons. The van der Waals surface area contributed by atoms with E-state index in [0.717, 1.165) is 0 Å². The van der Waals surface area contributed by atoms with Crippen molar-refractivity contribution in [2.45, 2.75) is 18.6 Å². The first-order chi connectivity index (χ1) is 8.45. The van der Waals surface area contributed by atoms with E-state index in [9.17, 15) is 8.42 Å². The maximum absolute atomic E-state index is 11.4. The van der Waals surface area contributed by atoms with Crippen molar-refractivity contribution < 1.29 is 8.42 Å². The van der Waals surface area contributed by atoms with Gasteiger partial charge >= 0.3 is 0 Å². The smallest absolute Gasteiger partial charge is 0.296 e. The first-order valence-corrected chi connectivity index (χ1v) is 7.76. The van der Waals surface area contributed by atoms with Crippen LogP contribution in [0.5, 0.6) is 0 Å². The lowest BCUT2D eigenvalue weighted by Crippen LogP contribution is -2.06. The summed E-state index contributed by atoms with van der Waals surface area (Å²) in [5, 5.41) is 7.65. The molecule has 0 aliphatic carbocycles. The van der Waals surface area contributed by atoms with Gasteiger partial charge in [-0.2, -0.15) is 0 Å². The number of hydrogen-bond acceptors (Lipinski definition) is 4. The molecule has 0 atom stereocenters. The molecule has 2 aromatic rings. The number of aromatic nitrogens is 3. The second kappa shape index (κ2) is 4.87. The van der Waals surface area contributed by atoms with Crippen molar-refractivity contribution in [1.29, 1.82) is 0 Å². The van der Waals surface area contributed by atoms with Gasteiger partial charge in [-0.25, -0.2) is 8.42 Å². The molecule has 0 saturated heterocycles. The molecule has 5 nitrogen and oxygen atoms in total. The first-order valence-electron chi connectivity index (χ1n) is 5.08. The van der Waals surface area contributed by atoms with Crippen LogP contribution in [0.25, 0.3) is 11.4 Å². The van der Waals surface area contributed by atoms with Gasteiger partial charge in [-0.3, -0.25) is 4.57 Å². The van der Waals surface area contributed by atoms with E-state index in [1.54, 1.807) is 31.2 Å². The van der Waals surface area contributed by atoms with Gasteiger partial charge in [0.25, 0.3) is 14.2 Å². The quantitative estimate of drug-likeness (QED) is 0.817. The van der Waals surface area contributed by atoms with Gasteiger partial charge in [0.05, 0.1) is 5.02 Å². The third-order valence-electron chi connectivity index (χ3n) is 2.37. The molecular formula is C10H9Cl2N3O2S. The topological polar surface area (TPSA) is 64.8 Å². The zero-order valence-electron chi connectivity index (χ0n) is 9.34. The van der Waals surface area contributed by atoms with Crippen LogP contribution in [0.4, 0.5) is 0 Å². The summed E-state index contributed by atoms with van der Waals surface area (Å²) < 4.78 is 24.1. The molecule has 8 heteroatoms. The third kappa shape index (κ3) is 2.36. The van der Waals surface area contributed by atoms with Gasteiger partial charge in [-0.1, -0.05) is 23.7 Å². The summed E-state index contributed by atoms with van der Waals surface area (Å²) in [5.41, 5.74) is 0.611. The van der Waals surface area contributed by atoms with E-state index in [0.29, 0.717) is 23.0 Å². The number of benzene rings is 1. The van der Waals surface area contributed by atoms with Gasteiger partial charge in [-0.05, 0) is 19.1 Å². The van der Waals surface area contributed by atoms with Crippen LogP contribution in [0.15, 0.2) is 29.4 Å². The molecule has 2 rings (SSSR count). The number of nitrogens with zero attached hydrogens (tertiary/aromatic N) is 3. The Labute approximate surface area is 114 Å². The van der Waals surface area contributed by atoms with Gasteiger partial charge in [0, 0.05) is 22.8 Å². The second-order valence-corrected chi connectivity index (χ2v) is 6.34. The Kier molecular flexibility index (Phi) is 3.61. The molecule has 0 spiro atoms. The van der Waals surface area contributed by atoms with E-state index in [-0.39, 0.29) is 5.16 Å². The van der Waals surface area contributed by atoms with Crippen LogP contribution in [-0.2, 0) is 15.6 Å². The van der Waals surface area contributed by atoms with Gasteiger partial charge in [-0.15, -0.1) is 10.2 Å². The van der Waals surface area contributed by atoms with Crippen molar-refractivity contribution in [1.82, 2.24) is 14.8 Å². The largest absolute Gasteiger partial charge is 0.297 e. The summed E-state index contributed by atoms with van der Waals surface area (Å²) in [5.74, 6) is 0.377. The maximum Gasteiger partial charge on any atom is 0.296 e. The predicted molar refractivity (Wildman–Crippen MR) is 69.2 cm³/mol. The molecule has 1 aromatic heterocycles. The van der Waals surface area contributed by atoms with E-state index in [2.05, 4.69) is 10.2 Å². The van der Waals surface area contributed by atoms with Crippen LogP contribution < -0.4 is 0 Å². The van der Waals surface area contributed by atoms with Crippen LogP contribution in [0.2, 0.25) is 5.02 Å². The summed E-state index contributed by atoms with van der Waals surface area (Å²) in [6.45, 7) is 2.14. The molecule has 0 bridgehead atoms. The second-order valence-electron chi connectivity index (χ2n) is 3.47. The fraction of sp³-hybridized carbons (Fsp3) is 0.200. The third-order valence-corrected chi connectivity index (χ3v) is 3.85. The molecule has 0 amide bonds. The average Bonchev–Trinajstić information content (AvgIpc) is 2.72. The van der Waals surface area contributed by atoms with Crippen molar-refractivity contribution in [2.24, 2.45) is 0 Å². The van der Waals surface area contributed by atoms with Crippen LogP contribution in [-0.4, -0.2) is 23.2 Å². The molecular weight excluding hydrogens is 297 g/mol. The van der Waals surface area contributed by atoms with Gasteiger partial charge in [0.1, 0.15) is 0 Å². The minimum atomic E-state index is -3.93. The van der Waals surface area contributed by atoms with Crippen molar-refractivity contribution in [3.05, 3.63) is 29.3 Å². The highest BCUT2D eigenvalue weighted by Crippen LogP contribution is 2.28. The SMILES string of the molecule is CCn1c(-c2ccccc2Cl)nnc1S(=O)(=O)Cl. The maximum atomic E-state index is 11.4. The molecule has 96 valence electrons. The Morgan fingerprint density at radius 2 is 1.94 bits per heavy atom. The Bertz CT molecular complexity index is 682. The molecule has 0 fully saturated rings. The fourth-order valence-electron chi connectivity index (χ4n) is 1.60. The minimum Gasteiger partial charge on any atom is -0.297 e. The molecule has 0 unspecified atom stereocenters. The lowest BCUT2D eigenvalue weighted by Gasteiger charge is -2.06. The Morgan fingerprint density at radius 1 is 1.28 bits per heavy atom. The Hall–Kier alpha value is -1.11. The zero-order chi connectivity index (χ0) is 13.3. The van der Waals surface area contributed by atoms with Crippen molar-refractivity contribution in [2.75, 3.05) is 0 Å². The van der Waals surface area contributed by atoms with Gasteiger partial charge in [0.2, 0.25) is 0 Å². The lowest BCUT2D eigenvalue weighted by molar-refractivity contribution is 0.583. The summed E-state index contributed by atoms with van der Waals surface area (Å²) in [7, 11) is 1.37. The predicted octanol–water partition coefficient (Wildman–Crippen LogP) is 2.55. The van der Waals surface area contributed by atoms with Crippen molar-refractivity contribution >= 4 is 31.3 Å². The number of hydrogen-bond donors (Lipinski definition) is 0. The first kappa shape index (κ1) is 13.3. The monoisotopic (exact) mass is 305 g/mol. The Morgan fingerprint density at radius 3 is 2.50 bits per heavy atom. The van der Waals surface area contributed by atoms with Crippen molar-refractivity contribution in [3.8, 4) is 11.4 Å². The fourth-order valence-corrected chi connectivity index (χ4v) is 2.78. The standard InChI is InChI=1S/C10H9Cl2N3O2S/c1-2-15-9(7-5-3-4-6-8(7)11)13-14-10(15)18(12,16)17/h3-6H,2H2,1H3. The van der Waals surface area contributed by atoms with E-state index in [4.69, 9.17) is 22.3 Å². The number of rotatable bonds is 3. The summed E-state index contributed by atoms with van der Waals surface area (Å²) in [4.78, 5) is 0. The van der Waals surface area contributed by atoms with Gasteiger partial charge in [0.15, 0.2) is 5.82 Å². The summed E-state index contributed by atoms with van der Waals surface area (Å²) >= 11 is 6.05. The highest BCUT2D eigenvalue weighted by atomic mass is 35.7. The normalized spacial score (nSPS) is 11.7. The summed E-state index contributed by atoms with van der Waals surface area (Å²) in [6.07, 6.45) is 0. The van der Waals surface area contributed by atoms with Gasteiger partial charge < -0.3 is 0 Å². The molecule has 1 aromatic carbocycles. The molecule has 0 saturated carbocycles.